The molecule has 0 saturated heterocycles. The molecule has 0 fully saturated rings. The first-order chi connectivity index (χ1) is 14.1. The molecule has 3 heterocycles. The summed E-state index contributed by atoms with van der Waals surface area (Å²) in [5.41, 5.74) is 2.58. The van der Waals surface area contributed by atoms with Gasteiger partial charge in [-0.25, -0.2) is 9.37 Å². The van der Waals surface area contributed by atoms with E-state index in [1.807, 2.05) is 22.2 Å². The molecule has 1 N–H and O–H groups in total. The van der Waals surface area contributed by atoms with Gasteiger partial charge in [0.15, 0.2) is 5.01 Å². The molecule has 1 aromatic carbocycles. The van der Waals surface area contributed by atoms with Crippen molar-refractivity contribution in [3.8, 4) is 10.6 Å². The molecule has 1 amide bonds. The number of hydrogen-bond acceptors (Lipinski definition) is 7. The molecular formula is C19H12ClFN4OS3. The highest BCUT2D eigenvalue weighted by Gasteiger charge is 2.15. The van der Waals surface area contributed by atoms with Crippen molar-refractivity contribution in [3.63, 3.8) is 0 Å². The van der Waals surface area contributed by atoms with Gasteiger partial charge in [-0.05, 0) is 35.2 Å². The molecule has 0 bridgehead atoms. The van der Waals surface area contributed by atoms with Crippen LogP contribution in [0.25, 0.3) is 21.7 Å². The molecule has 0 aliphatic carbocycles. The molecule has 29 heavy (non-hydrogen) atoms. The Bertz CT molecular complexity index is 1150. The number of aromatic nitrogens is 3. The van der Waals surface area contributed by atoms with Crippen LogP contribution in [0.3, 0.4) is 0 Å². The number of benzene rings is 1. The highest BCUT2D eigenvalue weighted by molar-refractivity contribution is 7.15. The summed E-state index contributed by atoms with van der Waals surface area (Å²) in [6.07, 6.45) is 1.70. The van der Waals surface area contributed by atoms with E-state index in [0.717, 1.165) is 33.2 Å². The van der Waals surface area contributed by atoms with Crippen LogP contribution in [0.4, 0.5) is 4.39 Å². The molecular weight excluding hydrogens is 451 g/mol. The second-order valence-corrected chi connectivity index (χ2v) is 8.83. The Labute approximate surface area is 182 Å². The minimum absolute atomic E-state index is 0.200. The van der Waals surface area contributed by atoms with Crippen LogP contribution in [0.5, 0.6) is 0 Å². The lowest BCUT2D eigenvalue weighted by Gasteiger charge is -2.02. The zero-order valence-corrected chi connectivity index (χ0v) is 17.8. The standard InChI is InChI=1S/C19H12ClFN4OS3/c20-15(7-14-10-28-17(23-14)12-5-6-27-9-12)18-24-25-19(29-18)16(26)22-8-11-1-3-13(21)4-2-11/h1-7,9-10H,8H2,(H,22,26)/b15-7-. The Kier molecular flexibility index (Phi) is 6.10. The van der Waals surface area contributed by atoms with Crippen molar-refractivity contribution < 1.29 is 9.18 Å². The summed E-state index contributed by atoms with van der Waals surface area (Å²) < 4.78 is 12.9. The molecule has 0 aliphatic heterocycles. The predicted octanol–water partition coefficient (Wildman–Crippen LogP) is 5.53. The van der Waals surface area contributed by atoms with E-state index < -0.39 is 0 Å². The van der Waals surface area contributed by atoms with E-state index in [-0.39, 0.29) is 23.3 Å². The van der Waals surface area contributed by atoms with E-state index in [1.54, 1.807) is 29.5 Å². The quantitative estimate of drug-likeness (QED) is 0.409. The third-order valence-corrected chi connectivity index (χ3v) is 6.70. The zero-order chi connectivity index (χ0) is 20.2. The molecule has 0 unspecified atom stereocenters. The SMILES string of the molecule is O=C(NCc1ccc(F)cc1)c1nnc(/C(Cl)=C/c2csc(-c3ccsc3)n2)s1. The van der Waals surface area contributed by atoms with Gasteiger partial charge in [0.05, 0.1) is 10.7 Å². The number of rotatable bonds is 6. The Morgan fingerprint density at radius 1 is 1.14 bits per heavy atom. The summed E-state index contributed by atoms with van der Waals surface area (Å²) in [6.45, 7) is 0.266. The largest absolute Gasteiger partial charge is 0.346 e. The van der Waals surface area contributed by atoms with Gasteiger partial charge in [-0.3, -0.25) is 4.79 Å². The van der Waals surface area contributed by atoms with Crippen LogP contribution in [0.15, 0.2) is 46.5 Å². The lowest BCUT2D eigenvalue weighted by molar-refractivity contribution is 0.0950. The number of thiophene rings is 1. The summed E-state index contributed by atoms with van der Waals surface area (Å²) in [6, 6.07) is 7.92. The van der Waals surface area contributed by atoms with Crippen LogP contribution in [0.1, 0.15) is 26.1 Å². The number of halogens is 2. The average Bonchev–Trinajstić information content (AvgIpc) is 3.47. The molecule has 0 atom stereocenters. The summed E-state index contributed by atoms with van der Waals surface area (Å²) in [7, 11) is 0. The summed E-state index contributed by atoms with van der Waals surface area (Å²) in [5, 5.41) is 18.5. The normalized spacial score (nSPS) is 11.6. The fourth-order valence-corrected chi connectivity index (χ4v) is 4.76. The van der Waals surface area contributed by atoms with E-state index in [9.17, 15) is 9.18 Å². The minimum atomic E-state index is -0.365. The van der Waals surface area contributed by atoms with Gasteiger partial charge in [0, 0.05) is 22.9 Å². The van der Waals surface area contributed by atoms with E-state index >= 15 is 0 Å². The Balaban J connectivity index is 1.41. The van der Waals surface area contributed by atoms with Crippen LogP contribution in [-0.2, 0) is 6.54 Å². The molecule has 146 valence electrons. The van der Waals surface area contributed by atoms with E-state index in [4.69, 9.17) is 11.6 Å². The number of carbonyl (C=O) groups excluding carboxylic acids is 1. The number of nitrogens with zero attached hydrogens (tertiary/aromatic N) is 3. The van der Waals surface area contributed by atoms with Crippen LogP contribution in [0, 0.1) is 5.82 Å². The fourth-order valence-electron chi connectivity index (χ4n) is 2.33. The molecule has 5 nitrogen and oxygen atoms in total. The van der Waals surface area contributed by atoms with Crippen molar-refractivity contribution in [1.82, 2.24) is 20.5 Å². The average molecular weight is 463 g/mol. The molecule has 0 radical (unpaired) electrons. The maximum absolute atomic E-state index is 12.9. The zero-order valence-electron chi connectivity index (χ0n) is 14.6. The van der Waals surface area contributed by atoms with E-state index in [2.05, 4.69) is 20.5 Å². The van der Waals surface area contributed by atoms with Gasteiger partial charge in [-0.2, -0.15) is 11.3 Å². The number of nitrogens with one attached hydrogen (secondary N) is 1. The number of thiazole rings is 1. The van der Waals surface area contributed by atoms with Crippen molar-refractivity contribution in [1.29, 1.82) is 0 Å². The second kappa shape index (κ2) is 8.91. The van der Waals surface area contributed by atoms with Crippen LogP contribution in [0.2, 0.25) is 0 Å². The third kappa shape index (κ3) is 4.94. The fraction of sp³-hybridized carbons (Fsp3) is 0.0526. The Hall–Kier alpha value is -2.46. The molecule has 10 heteroatoms. The van der Waals surface area contributed by atoms with Gasteiger partial charge in [0.25, 0.3) is 5.91 Å². The number of amides is 1. The van der Waals surface area contributed by atoms with Crippen molar-refractivity contribution in [2.45, 2.75) is 6.54 Å². The van der Waals surface area contributed by atoms with E-state index in [0.29, 0.717) is 10.0 Å². The smallest absolute Gasteiger partial charge is 0.282 e. The lowest BCUT2D eigenvalue weighted by atomic mass is 10.2. The van der Waals surface area contributed by atoms with Gasteiger partial charge in [-0.15, -0.1) is 21.5 Å². The highest BCUT2D eigenvalue weighted by atomic mass is 35.5. The van der Waals surface area contributed by atoms with Crippen molar-refractivity contribution in [2.75, 3.05) is 0 Å². The molecule has 4 rings (SSSR count). The lowest BCUT2D eigenvalue weighted by Crippen LogP contribution is -2.22. The third-order valence-electron chi connectivity index (χ3n) is 3.75. The maximum atomic E-state index is 12.9. The van der Waals surface area contributed by atoms with E-state index in [1.165, 1.54) is 23.5 Å². The maximum Gasteiger partial charge on any atom is 0.282 e. The van der Waals surface area contributed by atoms with Crippen molar-refractivity contribution >= 4 is 62.6 Å². The van der Waals surface area contributed by atoms with Gasteiger partial charge in [0.2, 0.25) is 5.01 Å². The van der Waals surface area contributed by atoms with Gasteiger partial charge in [-0.1, -0.05) is 35.1 Å². The summed E-state index contributed by atoms with van der Waals surface area (Å²) in [4.78, 5) is 16.8. The molecule has 0 aliphatic rings. The Morgan fingerprint density at radius 2 is 1.93 bits per heavy atom. The van der Waals surface area contributed by atoms with Crippen molar-refractivity contribution in [3.05, 3.63) is 73.6 Å². The van der Waals surface area contributed by atoms with Crippen molar-refractivity contribution in [2.24, 2.45) is 0 Å². The molecule has 4 aromatic rings. The molecule has 0 spiro atoms. The first kappa shape index (κ1) is 19.8. The topological polar surface area (TPSA) is 67.8 Å². The monoisotopic (exact) mass is 462 g/mol. The minimum Gasteiger partial charge on any atom is -0.346 e. The first-order valence-electron chi connectivity index (χ1n) is 8.30. The second-order valence-electron chi connectivity index (χ2n) is 5.80. The predicted molar refractivity (Wildman–Crippen MR) is 117 cm³/mol. The molecule has 0 saturated carbocycles. The van der Waals surface area contributed by atoms with Gasteiger partial charge in [0.1, 0.15) is 10.8 Å². The van der Waals surface area contributed by atoms with Crippen LogP contribution in [-0.4, -0.2) is 21.1 Å². The summed E-state index contributed by atoms with van der Waals surface area (Å²) in [5.74, 6) is -0.686. The summed E-state index contributed by atoms with van der Waals surface area (Å²) >= 11 is 10.6. The Morgan fingerprint density at radius 3 is 2.69 bits per heavy atom. The first-order valence-corrected chi connectivity index (χ1v) is 11.3. The van der Waals surface area contributed by atoms with Crippen LogP contribution < -0.4 is 5.32 Å². The highest BCUT2D eigenvalue weighted by Crippen LogP contribution is 2.29. The number of carbonyl (C=O) groups is 1. The van der Waals surface area contributed by atoms with Gasteiger partial charge < -0.3 is 5.32 Å². The van der Waals surface area contributed by atoms with Gasteiger partial charge >= 0.3 is 0 Å². The molecule has 3 aromatic heterocycles. The number of hydrogen-bond donors (Lipinski definition) is 1. The van der Waals surface area contributed by atoms with Crippen LogP contribution >= 0.6 is 45.6 Å².